The first-order valence-corrected chi connectivity index (χ1v) is 10.5. The number of benzene rings is 3. The van der Waals surface area contributed by atoms with E-state index >= 15 is 0 Å². The molecule has 3 aromatic rings. The van der Waals surface area contributed by atoms with Gasteiger partial charge in [-0.1, -0.05) is 47.5 Å². The van der Waals surface area contributed by atoms with Gasteiger partial charge >= 0.3 is 0 Å². The van der Waals surface area contributed by atoms with Crippen molar-refractivity contribution in [3.05, 3.63) is 87.4 Å². The Kier molecular flexibility index (Phi) is 8.36. The summed E-state index contributed by atoms with van der Waals surface area (Å²) >= 11 is 12.4. The SMILES string of the molecule is COc1cc(/C=N/NC(=O)COc2ccccc2C)ccc1OCc1c(Cl)cccc1Cl. The zero-order valence-corrected chi connectivity index (χ0v) is 19.1. The van der Waals surface area contributed by atoms with Gasteiger partial charge in [-0.15, -0.1) is 0 Å². The lowest BCUT2D eigenvalue weighted by molar-refractivity contribution is -0.123. The van der Waals surface area contributed by atoms with Crippen molar-refractivity contribution in [2.75, 3.05) is 13.7 Å². The molecular formula is C24H22Cl2N2O4. The second-order valence-corrected chi connectivity index (χ2v) is 7.56. The van der Waals surface area contributed by atoms with Crippen molar-refractivity contribution in [1.29, 1.82) is 0 Å². The first-order valence-electron chi connectivity index (χ1n) is 9.72. The second-order valence-electron chi connectivity index (χ2n) is 6.75. The van der Waals surface area contributed by atoms with Crippen LogP contribution >= 0.6 is 23.2 Å². The van der Waals surface area contributed by atoms with Crippen LogP contribution in [0.15, 0.2) is 65.8 Å². The lowest BCUT2D eigenvalue weighted by Gasteiger charge is -2.13. The van der Waals surface area contributed by atoms with Crippen LogP contribution in [0.25, 0.3) is 0 Å². The Morgan fingerprint density at radius 3 is 2.44 bits per heavy atom. The van der Waals surface area contributed by atoms with E-state index in [1.54, 1.807) is 36.4 Å². The summed E-state index contributed by atoms with van der Waals surface area (Å²) < 4.78 is 16.7. The van der Waals surface area contributed by atoms with E-state index in [1.807, 2.05) is 31.2 Å². The molecule has 0 bridgehead atoms. The number of carbonyl (C=O) groups is 1. The van der Waals surface area contributed by atoms with Crippen LogP contribution in [0.3, 0.4) is 0 Å². The minimum Gasteiger partial charge on any atom is -0.493 e. The van der Waals surface area contributed by atoms with Crippen molar-refractivity contribution < 1.29 is 19.0 Å². The molecule has 6 nitrogen and oxygen atoms in total. The topological polar surface area (TPSA) is 69.2 Å². The first-order chi connectivity index (χ1) is 15.5. The Balaban J connectivity index is 1.56. The molecular weight excluding hydrogens is 451 g/mol. The van der Waals surface area contributed by atoms with Crippen LogP contribution in [0.2, 0.25) is 10.0 Å². The Labute approximate surface area is 196 Å². The van der Waals surface area contributed by atoms with Gasteiger partial charge in [0.25, 0.3) is 5.91 Å². The molecule has 0 spiro atoms. The van der Waals surface area contributed by atoms with E-state index in [0.29, 0.717) is 38.4 Å². The van der Waals surface area contributed by atoms with Gasteiger partial charge in [0.05, 0.1) is 13.3 Å². The quantitative estimate of drug-likeness (QED) is 0.333. The molecule has 0 fully saturated rings. The molecule has 0 atom stereocenters. The fraction of sp³-hybridized carbons (Fsp3) is 0.167. The number of hydrazone groups is 1. The minimum atomic E-state index is -0.368. The van der Waals surface area contributed by atoms with Crippen molar-refractivity contribution in [2.24, 2.45) is 5.10 Å². The molecule has 0 heterocycles. The number of nitrogens with zero attached hydrogens (tertiary/aromatic N) is 1. The molecule has 0 aromatic heterocycles. The number of hydrogen-bond acceptors (Lipinski definition) is 5. The molecule has 0 saturated heterocycles. The summed E-state index contributed by atoms with van der Waals surface area (Å²) in [6.07, 6.45) is 1.50. The highest BCUT2D eigenvalue weighted by molar-refractivity contribution is 6.35. The molecule has 0 aliphatic rings. The number of carbonyl (C=O) groups excluding carboxylic acids is 1. The van der Waals surface area contributed by atoms with Crippen molar-refractivity contribution >= 4 is 35.3 Å². The highest BCUT2D eigenvalue weighted by Crippen LogP contribution is 2.31. The first kappa shape index (κ1) is 23.4. The fourth-order valence-corrected chi connectivity index (χ4v) is 3.28. The molecule has 3 rings (SSSR count). The number of aryl methyl sites for hydroxylation is 1. The van der Waals surface area contributed by atoms with Crippen molar-refractivity contribution in [1.82, 2.24) is 5.43 Å². The number of ether oxygens (including phenoxy) is 3. The molecule has 0 aliphatic heterocycles. The summed E-state index contributed by atoms with van der Waals surface area (Å²) in [5.74, 6) is 1.32. The molecule has 1 N–H and O–H groups in total. The number of amides is 1. The summed E-state index contributed by atoms with van der Waals surface area (Å²) in [6.45, 7) is 1.97. The highest BCUT2D eigenvalue weighted by Gasteiger charge is 2.10. The summed E-state index contributed by atoms with van der Waals surface area (Å²) in [5, 5.41) is 5.02. The van der Waals surface area contributed by atoms with Gasteiger partial charge in [0.15, 0.2) is 18.1 Å². The Morgan fingerprint density at radius 1 is 0.969 bits per heavy atom. The second kappa shape index (κ2) is 11.4. The summed E-state index contributed by atoms with van der Waals surface area (Å²) in [7, 11) is 1.54. The van der Waals surface area contributed by atoms with E-state index < -0.39 is 0 Å². The predicted molar refractivity (Wildman–Crippen MR) is 126 cm³/mol. The van der Waals surface area contributed by atoms with Crippen LogP contribution in [-0.4, -0.2) is 25.8 Å². The molecule has 0 aliphatic carbocycles. The van der Waals surface area contributed by atoms with Gasteiger partial charge in [0.2, 0.25) is 0 Å². The average molecular weight is 473 g/mol. The van der Waals surface area contributed by atoms with Gasteiger partial charge in [-0.3, -0.25) is 4.79 Å². The van der Waals surface area contributed by atoms with Gasteiger partial charge in [0, 0.05) is 15.6 Å². The third-order valence-corrected chi connectivity index (χ3v) is 5.18. The van der Waals surface area contributed by atoms with Gasteiger partial charge in [-0.05, 0) is 54.4 Å². The van der Waals surface area contributed by atoms with Crippen LogP contribution in [0.4, 0.5) is 0 Å². The van der Waals surface area contributed by atoms with Gasteiger partial charge in [0.1, 0.15) is 12.4 Å². The minimum absolute atomic E-state index is 0.136. The van der Waals surface area contributed by atoms with Crippen LogP contribution in [0.1, 0.15) is 16.7 Å². The number of hydrogen-bond donors (Lipinski definition) is 1. The van der Waals surface area contributed by atoms with Crippen LogP contribution in [-0.2, 0) is 11.4 Å². The maximum absolute atomic E-state index is 12.0. The summed E-state index contributed by atoms with van der Waals surface area (Å²) in [6, 6.07) is 18.0. The smallest absolute Gasteiger partial charge is 0.277 e. The van der Waals surface area contributed by atoms with E-state index in [0.717, 1.165) is 5.56 Å². The standard InChI is InChI=1S/C24H22Cl2N2O4/c1-16-6-3-4-9-21(16)32-15-24(29)28-27-13-17-10-11-22(23(12-17)30-2)31-14-18-19(25)7-5-8-20(18)26/h3-13H,14-15H2,1-2H3,(H,28,29)/b27-13+. The van der Waals surface area contributed by atoms with E-state index in [4.69, 9.17) is 37.4 Å². The highest BCUT2D eigenvalue weighted by atomic mass is 35.5. The van der Waals surface area contributed by atoms with E-state index in [9.17, 15) is 4.79 Å². The van der Waals surface area contributed by atoms with Crippen LogP contribution in [0, 0.1) is 6.92 Å². The van der Waals surface area contributed by atoms with E-state index in [-0.39, 0.29) is 19.1 Å². The number of methoxy groups -OCH3 is 1. The predicted octanol–water partition coefficient (Wildman–Crippen LogP) is 5.42. The fourth-order valence-electron chi connectivity index (χ4n) is 2.78. The van der Waals surface area contributed by atoms with Crippen LogP contribution in [0.5, 0.6) is 17.2 Å². The normalized spacial score (nSPS) is 10.8. The van der Waals surface area contributed by atoms with E-state index in [2.05, 4.69) is 10.5 Å². The molecule has 8 heteroatoms. The number of rotatable bonds is 9. The van der Waals surface area contributed by atoms with Crippen LogP contribution < -0.4 is 19.6 Å². The Morgan fingerprint density at radius 2 is 1.72 bits per heavy atom. The third-order valence-electron chi connectivity index (χ3n) is 4.48. The zero-order chi connectivity index (χ0) is 22.9. The third kappa shape index (κ3) is 6.39. The summed E-state index contributed by atoms with van der Waals surface area (Å²) in [4.78, 5) is 12.0. The van der Waals surface area contributed by atoms with Crippen molar-refractivity contribution in [3.8, 4) is 17.2 Å². The monoisotopic (exact) mass is 472 g/mol. The molecule has 32 heavy (non-hydrogen) atoms. The maximum Gasteiger partial charge on any atom is 0.277 e. The Bertz CT molecular complexity index is 1100. The summed E-state index contributed by atoms with van der Waals surface area (Å²) in [5.41, 5.74) is 4.80. The average Bonchev–Trinajstić information content (AvgIpc) is 2.78. The maximum atomic E-state index is 12.0. The number of halogens is 2. The van der Waals surface area contributed by atoms with Gasteiger partial charge in [-0.2, -0.15) is 5.10 Å². The molecule has 166 valence electrons. The van der Waals surface area contributed by atoms with Gasteiger partial charge < -0.3 is 14.2 Å². The largest absolute Gasteiger partial charge is 0.493 e. The van der Waals surface area contributed by atoms with E-state index in [1.165, 1.54) is 13.3 Å². The molecule has 0 unspecified atom stereocenters. The zero-order valence-electron chi connectivity index (χ0n) is 17.6. The number of para-hydroxylation sites is 1. The van der Waals surface area contributed by atoms with Gasteiger partial charge in [-0.25, -0.2) is 5.43 Å². The van der Waals surface area contributed by atoms with Crippen molar-refractivity contribution in [2.45, 2.75) is 13.5 Å². The lowest BCUT2D eigenvalue weighted by Crippen LogP contribution is -2.24. The lowest BCUT2D eigenvalue weighted by atomic mass is 10.2. The molecule has 0 radical (unpaired) electrons. The van der Waals surface area contributed by atoms with Crippen molar-refractivity contribution in [3.63, 3.8) is 0 Å². The number of nitrogens with one attached hydrogen (secondary N) is 1. The molecule has 0 saturated carbocycles. The molecule has 3 aromatic carbocycles. The Hall–Kier alpha value is -3.22. The molecule has 1 amide bonds.